The molecular weight excluding hydrogens is 483 g/mol. The lowest BCUT2D eigenvalue weighted by Gasteiger charge is -2.10. The van der Waals surface area contributed by atoms with Crippen LogP contribution in [-0.2, 0) is 18.9 Å². The fourth-order valence-electron chi connectivity index (χ4n) is 3.03. The van der Waals surface area contributed by atoms with E-state index >= 15 is 0 Å². The maximum atomic E-state index is 6.30. The van der Waals surface area contributed by atoms with Gasteiger partial charge in [0.2, 0.25) is 0 Å². The van der Waals surface area contributed by atoms with Crippen molar-refractivity contribution >= 4 is 46.3 Å². The van der Waals surface area contributed by atoms with E-state index in [1.54, 1.807) is 23.1 Å². The van der Waals surface area contributed by atoms with Gasteiger partial charge < -0.3 is 4.74 Å². The van der Waals surface area contributed by atoms with Gasteiger partial charge in [0, 0.05) is 28.3 Å². The van der Waals surface area contributed by atoms with Gasteiger partial charge in [-0.25, -0.2) is 4.98 Å². The van der Waals surface area contributed by atoms with E-state index in [1.165, 1.54) is 0 Å². The highest BCUT2D eigenvalue weighted by atomic mass is 35.5. The maximum absolute atomic E-state index is 6.30. The summed E-state index contributed by atoms with van der Waals surface area (Å²) in [7, 11) is 0. The Bertz CT molecular complexity index is 1240. The lowest BCUT2D eigenvalue weighted by molar-refractivity contribution is 0.287. The molecule has 32 heavy (non-hydrogen) atoms. The molecule has 0 fully saturated rings. The van der Waals surface area contributed by atoms with Gasteiger partial charge in [0.1, 0.15) is 17.4 Å². The van der Waals surface area contributed by atoms with Gasteiger partial charge in [0.05, 0.1) is 10.7 Å². The van der Waals surface area contributed by atoms with E-state index < -0.39 is 0 Å². The summed E-state index contributed by atoms with van der Waals surface area (Å²) >= 11 is 15.5. The van der Waals surface area contributed by atoms with Crippen molar-refractivity contribution < 1.29 is 4.74 Å². The van der Waals surface area contributed by atoms with Crippen molar-refractivity contribution in [3.63, 3.8) is 0 Å². The first-order valence-corrected chi connectivity index (χ1v) is 12.4. The fraction of sp³-hybridized carbons (Fsp3) is 0.174. The van der Waals surface area contributed by atoms with E-state index in [4.69, 9.17) is 32.9 Å². The molecule has 0 atom stereocenters. The van der Waals surface area contributed by atoms with Gasteiger partial charge in [-0.2, -0.15) is 0 Å². The fourth-order valence-corrected chi connectivity index (χ4v) is 5.36. The van der Waals surface area contributed by atoms with Crippen molar-refractivity contribution in [2.45, 2.75) is 31.0 Å². The molecule has 0 unspecified atom stereocenters. The van der Waals surface area contributed by atoms with Crippen LogP contribution in [0.2, 0.25) is 10.0 Å². The van der Waals surface area contributed by atoms with Crippen LogP contribution in [0.3, 0.4) is 0 Å². The normalized spacial score (nSPS) is 11.0. The molecule has 0 aliphatic rings. The number of aromatic nitrogens is 4. The molecule has 0 radical (unpaired) electrons. The molecule has 4 rings (SSSR count). The van der Waals surface area contributed by atoms with Crippen LogP contribution in [0.4, 0.5) is 0 Å². The second-order valence-corrected chi connectivity index (χ2v) is 9.55. The van der Waals surface area contributed by atoms with E-state index in [0.717, 1.165) is 38.6 Å². The zero-order valence-corrected chi connectivity index (χ0v) is 20.4. The highest BCUT2D eigenvalue weighted by Gasteiger charge is 2.15. The molecule has 0 aliphatic carbocycles. The Labute approximate surface area is 205 Å². The number of thiazole rings is 1. The molecule has 4 aromatic rings. The van der Waals surface area contributed by atoms with Gasteiger partial charge in [0.15, 0.2) is 11.0 Å². The maximum Gasteiger partial charge on any atom is 0.191 e. The van der Waals surface area contributed by atoms with Crippen molar-refractivity contribution in [3.05, 3.63) is 87.6 Å². The Hall–Kier alpha value is -2.32. The first-order valence-electron chi connectivity index (χ1n) is 9.79. The van der Waals surface area contributed by atoms with Crippen molar-refractivity contribution in [1.29, 1.82) is 0 Å². The molecule has 0 saturated heterocycles. The number of nitrogens with zero attached hydrogens (tertiary/aromatic N) is 4. The van der Waals surface area contributed by atoms with Gasteiger partial charge in [0.25, 0.3) is 0 Å². The quantitative estimate of drug-likeness (QED) is 0.181. The minimum absolute atomic E-state index is 0.303. The Morgan fingerprint density at radius 3 is 2.81 bits per heavy atom. The minimum atomic E-state index is 0.303. The third-order valence-electron chi connectivity index (χ3n) is 4.60. The van der Waals surface area contributed by atoms with E-state index in [2.05, 4.69) is 16.8 Å². The Morgan fingerprint density at radius 2 is 2.03 bits per heavy atom. The molecule has 0 saturated carbocycles. The van der Waals surface area contributed by atoms with Crippen LogP contribution in [0.15, 0.2) is 65.7 Å². The summed E-state index contributed by atoms with van der Waals surface area (Å²) < 4.78 is 7.96. The molecule has 0 bridgehead atoms. The first kappa shape index (κ1) is 22.9. The molecule has 0 aliphatic heterocycles. The Kier molecular flexibility index (Phi) is 7.52. The highest BCUT2D eigenvalue weighted by Crippen LogP contribution is 2.32. The number of hydrogen-bond acceptors (Lipinski definition) is 6. The van der Waals surface area contributed by atoms with Gasteiger partial charge in [-0.15, -0.1) is 28.1 Å². The van der Waals surface area contributed by atoms with E-state index in [1.807, 2.05) is 65.4 Å². The number of allylic oxidation sites excluding steroid dienone is 1. The molecule has 0 amide bonds. The number of hydrogen-bond donors (Lipinski definition) is 0. The minimum Gasteiger partial charge on any atom is -0.485 e. The number of benzene rings is 2. The number of rotatable bonds is 9. The summed E-state index contributed by atoms with van der Waals surface area (Å²) in [5, 5.41) is 13.8. The topological polar surface area (TPSA) is 52.8 Å². The second-order valence-electron chi connectivity index (χ2n) is 6.91. The summed E-state index contributed by atoms with van der Waals surface area (Å²) in [6, 6.07) is 13.3. The van der Waals surface area contributed by atoms with Gasteiger partial charge in [-0.1, -0.05) is 59.2 Å². The van der Waals surface area contributed by atoms with Crippen LogP contribution in [0, 0.1) is 6.92 Å². The van der Waals surface area contributed by atoms with Gasteiger partial charge in [-0.05, 0) is 36.8 Å². The summed E-state index contributed by atoms with van der Waals surface area (Å²) in [4.78, 5) is 4.73. The smallest absolute Gasteiger partial charge is 0.191 e. The largest absolute Gasteiger partial charge is 0.485 e. The molecule has 2 aromatic carbocycles. The SMILES string of the molecule is C=CCn1c(COc2ccc(Cl)cc2C)nnc1SCc1csc(-c2ccccc2Cl)n1. The molecule has 0 N–H and O–H groups in total. The van der Waals surface area contributed by atoms with Crippen LogP contribution >= 0.6 is 46.3 Å². The zero-order valence-electron chi connectivity index (χ0n) is 17.3. The van der Waals surface area contributed by atoms with Crippen molar-refractivity contribution in [2.24, 2.45) is 0 Å². The highest BCUT2D eigenvalue weighted by molar-refractivity contribution is 7.98. The van der Waals surface area contributed by atoms with Crippen molar-refractivity contribution in [2.75, 3.05) is 0 Å². The molecular formula is C23H20Cl2N4OS2. The Morgan fingerprint density at radius 1 is 1.19 bits per heavy atom. The van der Waals surface area contributed by atoms with E-state index in [-0.39, 0.29) is 0 Å². The number of aryl methyl sites for hydroxylation is 1. The number of ether oxygens (including phenoxy) is 1. The van der Waals surface area contributed by atoms with Crippen molar-refractivity contribution in [1.82, 2.24) is 19.7 Å². The average molecular weight is 503 g/mol. The van der Waals surface area contributed by atoms with Gasteiger partial charge in [-0.3, -0.25) is 4.57 Å². The lowest BCUT2D eigenvalue weighted by atomic mass is 10.2. The van der Waals surface area contributed by atoms with Crippen LogP contribution in [-0.4, -0.2) is 19.7 Å². The molecule has 9 heteroatoms. The zero-order chi connectivity index (χ0) is 22.5. The molecule has 0 spiro atoms. The summed E-state index contributed by atoms with van der Waals surface area (Å²) in [5.74, 6) is 2.18. The molecule has 2 heterocycles. The van der Waals surface area contributed by atoms with Crippen LogP contribution in [0.25, 0.3) is 10.6 Å². The van der Waals surface area contributed by atoms with E-state index in [9.17, 15) is 0 Å². The lowest BCUT2D eigenvalue weighted by Crippen LogP contribution is -2.08. The monoisotopic (exact) mass is 502 g/mol. The Balaban J connectivity index is 1.44. The number of halogens is 2. The van der Waals surface area contributed by atoms with Crippen LogP contribution in [0.1, 0.15) is 17.1 Å². The predicted molar refractivity (Wildman–Crippen MR) is 133 cm³/mol. The molecule has 164 valence electrons. The van der Waals surface area contributed by atoms with Crippen LogP contribution < -0.4 is 4.74 Å². The van der Waals surface area contributed by atoms with Crippen molar-refractivity contribution in [3.8, 4) is 16.3 Å². The second kappa shape index (κ2) is 10.5. The number of thioether (sulfide) groups is 1. The molecule has 2 aromatic heterocycles. The van der Waals surface area contributed by atoms with E-state index in [0.29, 0.717) is 28.9 Å². The third-order valence-corrected chi connectivity index (χ3v) is 7.09. The summed E-state index contributed by atoms with van der Waals surface area (Å²) in [6.45, 7) is 6.71. The predicted octanol–water partition coefficient (Wildman–Crippen LogP) is 7.07. The molecule has 5 nitrogen and oxygen atoms in total. The van der Waals surface area contributed by atoms with Crippen LogP contribution in [0.5, 0.6) is 5.75 Å². The first-order chi connectivity index (χ1) is 15.5. The average Bonchev–Trinajstić information content (AvgIpc) is 3.39. The van der Waals surface area contributed by atoms with Gasteiger partial charge >= 0.3 is 0 Å². The third kappa shape index (κ3) is 5.35. The summed E-state index contributed by atoms with van der Waals surface area (Å²) in [6.07, 6.45) is 1.82. The summed E-state index contributed by atoms with van der Waals surface area (Å²) in [5.41, 5.74) is 2.89. The standard InChI is InChI=1S/C23H20Cl2N4OS2/c1-3-10-29-21(12-30-20-9-8-16(24)11-15(20)2)27-28-23(29)32-14-17-13-31-22(26-17)18-6-4-5-7-19(18)25/h3-9,11,13H,1,10,12,14H2,2H3.